The lowest BCUT2D eigenvalue weighted by Gasteiger charge is -2.11. The average molecular weight is 291 g/mol. The summed E-state index contributed by atoms with van der Waals surface area (Å²) in [5.74, 6) is 0. The van der Waals surface area contributed by atoms with Gasteiger partial charge in [-0.3, -0.25) is 0 Å². The van der Waals surface area contributed by atoms with E-state index in [0.29, 0.717) is 11.6 Å². The smallest absolute Gasteiger partial charge is 0.240 e. The molecule has 4 nitrogen and oxygen atoms in total. The van der Waals surface area contributed by atoms with Crippen LogP contribution < -0.4 is 10.0 Å². The van der Waals surface area contributed by atoms with Crippen LogP contribution >= 0.6 is 11.6 Å². The molecule has 1 aromatic rings. The molecule has 0 saturated carbocycles. The molecule has 0 saturated heterocycles. The number of halogens is 1. The summed E-state index contributed by atoms with van der Waals surface area (Å²) in [6.45, 7) is 7.02. The molecule has 0 aliphatic rings. The van der Waals surface area contributed by atoms with Gasteiger partial charge in [-0.05, 0) is 38.1 Å². The minimum atomic E-state index is -3.47. The van der Waals surface area contributed by atoms with E-state index in [2.05, 4.69) is 10.0 Å². The first-order valence-electron chi connectivity index (χ1n) is 5.88. The molecule has 0 atom stereocenters. The van der Waals surface area contributed by atoms with Crippen LogP contribution in [-0.4, -0.2) is 21.0 Å². The fourth-order valence-corrected chi connectivity index (χ4v) is 3.07. The fraction of sp³-hybridized carbons (Fsp3) is 0.500. The second-order valence-electron chi connectivity index (χ2n) is 4.31. The predicted octanol–water partition coefficient (Wildman–Crippen LogP) is 2.14. The van der Waals surface area contributed by atoms with E-state index in [4.69, 9.17) is 11.6 Å². The average Bonchev–Trinajstić information content (AvgIpc) is 2.25. The first-order valence-corrected chi connectivity index (χ1v) is 7.74. The van der Waals surface area contributed by atoms with Gasteiger partial charge in [-0.15, -0.1) is 0 Å². The standard InChI is InChI=1S/C12H19ClN2O2S/c1-4-14-8-10-5-6-11(7-12(10)13)18(16,17)15-9(2)3/h5-7,9,14-15H,4,8H2,1-3H3. The molecule has 0 spiro atoms. The molecule has 0 radical (unpaired) electrons. The number of benzene rings is 1. The highest BCUT2D eigenvalue weighted by molar-refractivity contribution is 7.89. The molecule has 0 aromatic heterocycles. The highest BCUT2D eigenvalue weighted by Crippen LogP contribution is 2.21. The molecule has 0 heterocycles. The van der Waals surface area contributed by atoms with Gasteiger partial charge in [0.05, 0.1) is 4.90 Å². The van der Waals surface area contributed by atoms with E-state index in [0.717, 1.165) is 12.1 Å². The third-order valence-electron chi connectivity index (χ3n) is 2.29. The highest BCUT2D eigenvalue weighted by Gasteiger charge is 2.16. The van der Waals surface area contributed by atoms with Gasteiger partial charge in [0.2, 0.25) is 10.0 Å². The van der Waals surface area contributed by atoms with Crippen molar-refractivity contribution < 1.29 is 8.42 Å². The van der Waals surface area contributed by atoms with Crippen LogP contribution in [0, 0.1) is 0 Å². The maximum Gasteiger partial charge on any atom is 0.240 e. The van der Waals surface area contributed by atoms with Crippen LogP contribution in [-0.2, 0) is 16.6 Å². The van der Waals surface area contributed by atoms with Crippen molar-refractivity contribution in [1.29, 1.82) is 0 Å². The summed E-state index contributed by atoms with van der Waals surface area (Å²) in [6.07, 6.45) is 0. The maximum absolute atomic E-state index is 11.9. The van der Waals surface area contributed by atoms with Gasteiger partial charge < -0.3 is 5.32 Å². The zero-order valence-electron chi connectivity index (χ0n) is 10.8. The molecular weight excluding hydrogens is 272 g/mol. The van der Waals surface area contributed by atoms with E-state index in [-0.39, 0.29) is 10.9 Å². The largest absolute Gasteiger partial charge is 0.313 e. The van der Waals surface area contributed by atoms with Crippen LogP contribution in [0.25, 0.3) is 0 Å². The maximum atomic E-state index is 11.9. The summed E-state index contributed by atoms with van der Waals surface area (Å²) in [5, 5.41) is 3.61. The van der Waals surface area contributed by atoms with Gasteiger partial charge in [0.1, 0.15) is 0 Å². The third kappa shape index (κ3) is 4.24. The van der Waals surface area contributed by atoms with Gasteiger partial charge in [0.15, 0.2) is 0 Å². The highest BCUT2D eigenvalue weighted by atomic mass is 35.5. The summed E-state index contributed by atoms with van der Waals surface area (Å²) in [5.41, 5.74) is 0.891. The van der Waals surface area contributed by atoms with Crippen LogP contribution in [0.3, 0.4) is 0 Å². The lowest BCUT2D eigenvalue weighted by Crippen LogP contribution is -2.30. The zero-order chi connectivity index (χ0) is 13.8. The first-order chi connectivity index (χ1) is 8.36. The summed E-state index contributed by atoms with van der Waals surface area (Å²) in [6, 6.07) is 4.65. The van der Waals surface area contributed by atoms with E-state index in [1.165, 1.54) is 6.07 Å². The predicted molar refractivity (Wildman–Crippen MR) is 74.3 cm³/mol. The second kappa shape index (κ2) is 6.52. The Balaban J connectivity index is 2.97. The molecule has 18 heavy (non-hydrogen) atoms. The van der Waals surface area contributed by atoms with Crippen LogP contribution in [0.1, 0.15) is 26.3 Å². The van der Waals surface area contributed by atoms with Gasteiger partial charge >= 0.3 is 0 Å². The number of hydrogen-bond acceptors (Lipinski definition) is 3. The van der Waals surface area contributed by atoms with Crippen molar-refractivity contribution in [3.8, 4) is 0 Å². The quantitative estimate of drug-likeness (QED) is 0.844. The zero-order valence-corrected chi connectivity index (χ0v) is 12.4. The Bertz CT molecular complexity index is 501. The summed E-state index contributed by atoms with van der Waals surface area (Å²) in [4.78, 5) is 0.196. The third-order valence-corrected chi connectivity index (χ3v) is 4.30. The molecule has 6 heteroatoms. The van der Waals surface area contributed by atoms with Gasteiger partial charge in [-0.25, -0.2) is 13.1 Å². The molecule has 1 aromatic carbocycles. The van der Waals surface area contributed by atoms with Crippen LogP contribution in [0.2, 0.25) is 5.02 Å². The minimum Gasteiger partial charge on any atom is -0.313 e. The first kappa shape index (κ1) is 15.4. The van der Waals surface area contributed by atoms with E-state index in [1.54, 1.807) is 26.0 Å². The lowest BCUT2D eigenvalue weighted by molar-refractivity contribution is 0.570. The molecule has 0 fully saturated rings. The van der Waals surface area contributed by atoms with E-state index < -0.39 is 10.0 Å². The summed E-state index contributed by atoms with van der Waals surface area (Å²) < 4.78 is 26.4. The van der Waals surface area contributed by atoms with Crippen molar-refractivity contribution >= 4 is 21.6 Å². The van der Waals surface area contributed by atoms with Crippen molar-refractivity contribution in [2.24, 2.45) is 0 Å². The van der Waals surface area contributed by atoms with E-state index in [1.807, 2.05) is 6.92 Å². The lowest BCUT2D eigenvalue weighted by atomic mass is 10.2. The number of hydrogen-bond donors (Lipinski definition) is 2. The number of sulfonamides is 1. The van der Waals surface area contributed by atoms with Gasteiger partial charge in [0.25, 0.3) is 0 Å². The van der Waals surface area contributed by atoms with E-state index >= 15 is 0 Å². The number of rotatable bonds is 6. The van der Waals surface area contributed by atoms with Crippen molar-refractivity contribution in [1.82, 2.24) is 10.0 Å². The van der Waals surface area contributed by atoms with Crippen LogP contribution in [0.5, 0.6) is 0 Å². The minimum absolute atomic E-state index is 0.143. The van der Waals surface area contributed by atoms with E-state index in [9.17, 15) is 8.42 Å². The SMILES string of the molecule is CCNCc1ccc(S(=O)(=O)NC(C)C)cc1Cl. The van der Waals surface area contributed by atoms with Crippen molar-refractivity contribution in [2.45, 2.75) is 38.3 Å². The molecule has 1 rings (SSSR count). The Labute approximate surface area is 114 Å². The molecule has 0 unspecified atom stereocenters. The monoisotopic (exact) mass is 290 g/mol. The Morgan fingerprint density at radius 2 is 2.00 bits per heavy atom. The molecule has 2 N–H and O–H groups in total. The van der Waals surface area contributed by atoms with Gasteiger partial charge in [-0.1, -0.05) is 24.6 Å². The normalized spacial score (nSPS) is 12.1. The molecule has 102 valence electrons. The molecular formula is C12H19ClN2O2S. The van der Waals surface area contributed by atoms with Gasteiger partial charge in [0, 0.05) is 17.6 Å². The number of nitrogens with one attached hydrogen (secondary N) is 2. The van der Waals surface area contributed by atoms with Crippen LogP contribution in [0.4, 0.5) is 0 Å². The molecule has 0 amide bonds. The Morgan fingerprint density at radius 1 is 1.33 bits per heavy atom. The summed E-state index contributed by atoms with van der Waals surface area (Å²) in [7, 11) is -3.47. The Kier molecular flexibility index (Phi) is 5.59. The summed E-state index contributed by atoms with van der Waals surface area (Å²) >= 11 is 6.08. The van der Waals surface area contributed by atoms with Crippen LogP contribution in [0.15, 0.2) is 23.1 Å². The van der Waals surface area contributed by atoms with Gasteiger partial charge in [-0.2, -0.15) is 0 Å². The fourth-order valence-electron chi connectivity index (χ4n) is 1.48. The molecule has 0 aliphatic carbocycles. The second-order valence-corrected chi connectivity index (χ2v) is 6.43. The molecule has 0 bridgehead atoms. The van der Waals surface area contributed by atoms with Crippen molar-refractivity contribution in [2.75, 3.05) is 6.54 Å². The van der Waals surface area contributed by atoms with Crippen molar-refractivity contribution in [3.63, 3.8) is 0 Å². The molecule has 0 aliphatic heterocycles. The van der Waals surface area contributed by atoms with Crippen molar-refractivity contribution in [3.05, 3.63) is 28.8 Å². The topological polar surface area (TPSA) is 58.2 Å². The Morgan fingerprint density at radius 3 is 2.50 bits per heavy atom. The Hall–Kier alpha value is -0.620.